The van der Waals surface area contributed by atoms with Gasteiger partial charge in [0, 0.05) is 24.2 Å². The molecule has 0 aliphatic carbocycles. The molecule has 5 nitrogen and oxygen atoms in total. The van der Waals surface area contributed by atoms with Crippen molar-refractivity contribution in [1.29, 1.82) is 0 Å². The van der Waals surface area contributed by atoms with Crippen LogP contribution in [0.1, 0.15) is 22.4 Å². The lowest BCUT2D eigenvalue weighted by Gasteiger charge is -2.12. The second-order valence-corrected chi connectivity index (χ2v) is 5.58. The number of amides is 1. The molecule has 0 fully saturated rings. The van der Waals surface area contributed by atoms with Gasteiger partial charge in [0.1, 0.15) is 5.75 Å². The molecule has 1 unspecified atom stereocenters. The molecule has 0 spiro atoms. The van der Waals surface area contributed by atoms with Crippen LogP contribution in [0.4, 0.5) is 0 Å². The van der Waals surface area contributed by atoms with E-state index in [0.29, 0.717) is 12.0 Å². The molecule has 114 valence electrons. The number of hydrogen-bond acceptors (Lipinski definition) is 3. The summed E-state index contributed by atoms with van der Waals surface area (Å²) in [5.74, 6) is 0.558. The van der Waals surface area contributed by atoms with Crippen molar-refractivity contribution in [2.75, 3.05) is 0 Å². The Kier molecular flexibility index (Phi) is 3.71. The number of benzene rings is 1. The molecule has 0 radical (unpaired) electrons. The maximum absolute atomic E-state index is 12.2. The highest BCUT2D eigenvalue weighted by atomic mass is 16.5. The number of hydrogen-bond donors (Lipinski definition) is 2. The number of H-pyrrole nitrogens is 1. The van der Waals surface area contributed by atoms with E-state index in [4.69, 9.17) is 4.74 Å². The summed E-state index contributed by atoms with van der Waals surface area (Å²) in [5, 5.41) is 2.79. The summed E-state index contributed by atoms with van der Waals surface area (Å²) < 4.78 is 5.64. The molecule has 1 aromatic heterocycles. The number of carbonyl (C=O) groups is 1. The molecular formula is C17H18N2O3. The van der Waals surface area contributed by atoms with Crippen molar-refractivity contribution in [2.45, 2.75) is 32.9 Å². The largest absolute Gasteiger partial charge is 0.480 e. The fourth-order valence-electron chi connectivity index (χ4n) is 2.72. The van der Waals surface area contributed by atoms with Gasteiger partial charge >= 0.3 is 0 Å². The van der Waals surface area contributed by atoms with Crippen LogP contribution in [0, 0.1) is 13.8 Å². The van der Waals surface area contributed by atoms with E-state index in [1.54, 1.807) is 0 Å². The van der Waals surface area contributed by atoms with Crippen molar-refractivity contribution < 1.29 is 9.53 Å². The van der Waals surface area contributed by atoms with Gasteiger partial charge in [-0.3, -0.25) is 9.59 Å². The SMILES string of the molecule is Cc1cc(C)c(CNC(=O)C2Cc3ccccc3O2)c(=O)[nH]1. The van der Waals surface area contributed by atoms with Crippen molar-refractivity contribution in [2.24, 2.45) is 0 Å². The Morgan fingerprint density at radius 3 is 2.86 bits per heavy atom. The van der Waals surface area contributed by atoms with E-state index in [0.717, 1.165) is 22.6 Å². The quantitative estimate of drug-likeness (QED) is 0.904. The van der Waals surface area contributed by atoms with E-state index >= 15 is 0 Å². The molecule has 1 atom stereocenters. The Balaban J connectivity index is 1.66. The summed E-state index contributed by atoms with van der Waals surface area (Å²) >= 11 is 0. The van der Waals surface area contributed by atoms with Gasteiger partial charge in [0.25, 0.3) is 11.5 Å². The Morgan fingerprint density at radius 1 is 1.36 bits per heavy atom. The first-order valence-corrected chi connectivity index (χ1v) is 7.26. The summed E-state index contributed by atoms with van der Waals surface area (Å²) in [6.45, 7) is 3.91. The lowest BCUT2D eigenvalue weighted by Crippen LogP contribution is -2.38. The predicted octanol–water partition coefficient (Wildman–Crippen LogP) is 1.61. The Labute approximate surface area is 128 Å². The van der Waals surface area contributed by atoms with Gasteiger partial charge in [0.05, 0.1) is 0 Å². The highest BCUT2D eigenvalue weighted by Gasteiger charge is 2.28. The minimum atomic E-state index is -0.526. The number of rotatable bonds is 3. The molecular weight excluding hydrogens is 280 g/mol. The van der Waals surface area contributed by atoms with Crippen molar-refractivity contribution in [1.82, 2.24) is 10.3 Å². The molecule has 3 rings (SSSR count). The number of aromatic amines is 1. The number of pyridine rings is 1. The standard InChI is InChI=1S/C17H18N2O3/c1-10-7-11(2)19-16(20)13(10)9-18-17(21)15-8-12-5-3-4-6-14(12)22-15/h3-7,15H,8-9H2,1-2H3,(H,18,21)(H,19,20). The number of fused-ring (bicyclic) bond motifs is 1. The highest BCUT2D eigenvalue weighted by Crippen LogP contribution is 2.28. The fourth-order valence-corrected chi connectivity index (χ4v) is 2.72. The molecule has 5 heteroatoms. The topological polar surface area (TPSA) is 71.2 Å². The van der Waals surface area contributed by atoms with Crippen molar-refractivity contribution in [3.05, 3.63) is 63.1 Å². The Hall–Kier alpha value is -2.56. The van der Waals surface area contributed by atoms with Crippen LogP contribution < -0.4 is 15.6 Å². The van der Waals surface area contributed by atoms with E-state index in [1.165, 1.54) is 0 Å². The van der Waals surface area contributed by atoms with Crippen LogP contribution in [0.25, 0.3) is 0 Å². The molecule has 2 heterocycles. The number of ether oxygens (including phenoxy) is 1. The van der Waals surface area contributed by atoms with Crippen molar-refractivity contribution in [3.8, 4) is 5.75 Å². The van der Waals surface area contributed by atoms with Gasteiger partial charge in [-0.15, -0.1) is 0 Å². The van der Waals surface area contributed by atoms with Crippen LogP contribution in [0.5, 0.6) is 5.75 Å². The molecule has 0 saturated heterocycles. The first-order chi connectivity index (χ1) is 10.5. The zero-order valence-corrected chi connectivity index (χ0v) is 12.6. The van der Waals surface area contributed by atoms with Gasteiger partial charge in [-0.2, -0.15) is 0 Å². The van der Waals surface area contributed by atoms with E-state index in [2.05, 4.69) is 10.3 Å². The number of aromatic nitrogens is 1. The summed E-state index contributed by atoms with van der Waals surface area (Å²) in [6, 6.07) is 9.52. The van der Waals surface area contributed by atoms with Gasteiger partial charge in [-0.25, -0.2) is 0 Å². The van der Waals surface area contributed by atoms with Gasteiger partial charge < -0.3 is 15.0 Å². The van der Waals surface area contributed by atoms with Gasteiger partial charge in [-0.1, -0.05) is 18.2 Å². The molecule has 0 bridgehead atoms. The van der Waals surface area contributed by atoms with Crippen LogP contribution in [-0.4, -0.2) is 17.0 Å². The third-order valence-electron chi connectivity index (χ3n) is 3.87. The summed E-state index contributed by atoms with van der Waals surface area (Å²) in [5.41, 5.74) is 3.14. The zero-order valence-electron chi connectivity index (χ0n) is 12.6. The monoisotopic (exact) mass is 298 g/mol. The van der Waals surface area contributed by atoms with Crippen LogP contribution in [0.2, 0.25) is 0 Å². The smallest absolute Gasteiger partial charge is 0.261 e. The first kappa shape index (κ1) is 14.4. The lowest BCUT2D eigenvalue weighted by atomic mass is 10.1. The molecule has 1 aliphatic rings. The van der Waals surface area contributed by atoms with E-state index in [-0.39, 0.29) is 18.0 Å². The van der Waals surface area contributed by atoms with Gasteiger partial charge in [-0.05, 0) is 37.1 Å². The summed E-state index contributed by atoms with van der Waals surface area (Å²) in [7, 11) is 0. The zero-order chi connectivity index (χ0) is 15.7. The van der Waals surface area contributed by atoms with E-state index < -0.39 is 6.10 Å². The molecule has 1 amide bonds. The van der Waals surface area contributed by atoms with Gasteiger partial charge in [0.2, 0.25) is 0 Å². The van der Waals surface area contributed by atoms with Crippen molar-refractivity contribution in [3.63, 3.8) is 0 Å². The number of nitrogens with one attached hydrogen (secondary N) is 2. The van der Waals surface area contributed by atoms with E-state index in [1.807, 2.05) is 44.2 Å². The highest BCUT2D eigenvalue weighted by molar-refractivity contribution is 5.82. The second kappa shape index (κ2) is 5.67. The summed E-state index contributed by atoms with van der Waals surface area (Å²) in [6.07, 6.45) is 0.0351. The Bertz CT molecular complexity index is 755. The maximum atomic E-state index is 12.2. The van der Waals surface area contributed by atoms with Crippen molar-refractivity contribution >= 4 is 5.91 Å². The molecule has 0 saturated carbocycles. The molecule has 2 N–H and O–H groups in total. The number of aryl methyl sites for hydroxylation is 2. The van der Waals surface area contributed by atoms with Gasteiger partial charge in [0.15, 0.2) is 6.10 Å². The number of para-hydroxylation sites is 1. The molecule has 22 heavy (non-hydrogen) atoms. The normalized spacial score (nSPS) is 16.0. The molecule has 2 aromatic rings. The molecule has 1 aliphatic heterocycles. The predicted molar refractivity (Wildman–Crippen MR) is 82.9 cm³/mol. The minimum absolute atomic E-state index is 0.159. The molecule has 1 aromatic carbocycles. The van der Waals surface area contributed by atoms with E-state index in [9.17, 15) is 9.59 Å². The Morgan fingerprint density at radius 2 is 2.14 bits per heavy atom. The average molecular weight is 298 g/mol. The minimum Gasteiger partial charge on any atom is -0.480 e. The average Bonchev–Trinajstić information content (AvgIpc) is 2.89. The number of carbonyl (C=O) groups excluding carboxylic acids is 1. The van der Waals surface area contributed by atoms with Crippen LogP contribution in [0.15, 0.2) is 35.1 Å². The third-order valence-corrected chi connectivity index (χ3v) is 3.87. The third kappa shape index (κ3) is 2.74. The summed E-state index contributed by atoms with van der Waals surface area (Å²) in [4.78, 5) is 26.9. The van der Waals surface area contributed by atoms with Crippen LogP contribution in [-0.2, 0) is 17.8 Å². The van der Waals surface area contributed by atoms with Crippen LogP contribution >= 0.6 is 0 Å². The first-order valence-electron chi connectivity index (χ1n) is 7.26. The lowest BCUT2D eigenvalue weighted by molar-refractivity contribution is -0.127. The maximum Gasteiger partial charge on any atom is 0.261 e. The second-order valence-electron chi connectivity index (χ2n) is 5.58. The van der Waals surface area contributed by atoms with Crippen LogP contribution in [0.3, 0.4) is 0 Å². The fraction of sp³-hybridized carbons (Fsp3) is 0.294.